The maximum atomic E-state index is 16.9. The van der Waals surface area contributed by atoms with Crippen LogP contribution < -0.4 is 9.64 Å². The Labute approximate surface area is 283 Å². The van der Waals surface area contributed by atoms with Crippen molar-refractivity contribution in [3.63, 3.8) is 0 Å². The lowest BCUT2D eigenvalue weighted by Gasteiger charge is -2.35. The van der Waals surface area contributed by atoms with Gasteiger partial charge >= 0.3 is 6.01 Å². The third-order valence-corrected chi connectivity index (χ3v) is 9.37. The Morgan fingerprint density at radius 2 is 1.98 bits per heavy atom. The van der Waals surface area contributed by atoms with E-state index in [1.165, 1.54) is 6.07 Å². The molecular formula is C38H49F2N5O3. The van der Waals surface area contributed by atoms with Crippen LogP contribution in [0.3, 0.4) is 0 Å². The number of aromatic nitrogens is 3. The third kappa shape index (κ3) is 7.28. The van der Waals surface area contributed by atoms with Gasteiger partial charge in [0.1, 0.15) is 35.2 Å². The summed E-state index contributed by atoms with van der Waals surface area (Å²) in [6, 6.07) is 3.09. The largest absolute Gasteiger partial charge is 0.508 e. The number of aromatic hydroxyl groups is 1. The van der Waals surface area contributed by atoms with E-state index in [9.17, 15) is 5.11 Å². The third-order valence-electron chi connectivity index (χ3n) is 9.37. The van der Waals surface area contributed by atoms with Gasteiger partial charge in [0.15, 0.2) is 5.82 Å². The van der Waals surface area contributed by atoms with Crippen molar-refractivity contribution in [1.82, 2.24) is 19.9 Å². The molecule has 0 amide bonds. The molecule has 2 aromatic heterocycles. The fourth-order valence-electron chi connectivity index (χ4n) is 7.14. The number of aryl methyl sites for hydroxylation is 1. The number of rotatable bonds is 8. The van der Waals surface area contributed by atoms with Crippen molar-refractivity contribution in [1.29, 1.82) is 0 Å². The quantitative estimate of drug-likeness (QED) is 0.248. The molecule has 0 saturated carbocycles. The van der Waals surface area contributed by atoms with Crippen molar-refractivity contribution in [3.8, 4) is 35.4 Å². The van der Waals surface area contributed by atoms with Crippen LogP contribution in [0.2, 0.25) is 0 Å². The highest BCUT2D eigenvalue weighted by molar-refractivity contribution is 5.94. The Morgan fingerprint density at radius 1 is 1.19 bits per heavy atom. The van der Waals surface area contributed by atoms with Crippen LogP contribution in [0.4, 0.5) is 14.6 Å². The number of anilines is 1. The fourth-order valence-corrected chi connectivity index (χ4v) is 7.14. The standard InChI is InChI=1S/C36H43F2N5O3.C2H6/c1-6-8-26-29(37)10-9-24-15-25(44)16-27(30(24)26)32-31(38)33-28(17-39-32)34(42-13-14-45-20-23(4)19-42)41-35(40-33)46-21-36(5)11-7-12-43(36)18-22(2)3;1-2/h1,15-17,22-23,44H,7-14,18-21H2,2-5H3;1-2H3/t23?,36-;/m1./s1. The highest BCUT2D eigenvalue weighted by Gasteiger charge is 2.38. The number of ether oxygens (including phenoxy) is 2. The van der Waals surface area contributed by atoms with Crippen LogP contribution >= 0.6 is 0 Å². The summed E-state index contributed by atoms with van der Waals surface area (Å²) in [5.41, 5.74) is 1.59. The normalized spacial score (nSPS) is 21.5. The summed E-state index contributed by atoms with van der Waals surface area (Å²) in [5.74, 6) is 2.72. The minimum atomic E-state index is -0.697. The number of halogens is 2. The molecule has 1 aliphatic carbocycles. The molecule has 1 N–H and O–H groups in total. The van der Waals surface area contributed by atoms with Crippen molar-refractivity contribution < 1.29 is 23.4 Å². The van der Waals surface area contributed by atoms with Gasteiger partial charge in [-0.1, -0.05) is 34.6 Å². The molecule has 0 bridgehead atoms. The van der Waals surface area contributed by atoms with Crippen LogP contribution in [0.15, 0.2) is 24.2 Å². The molecule has 1 unspecified atom stereocenters. The number of pyridine rings is 1. The van der Waals surface area contributed by atoms with Crippen LogP contribution in [0.1, 0.15) is 78.4 Å². The van der Waals surface area contributed by atoms with Crippen LogP contribution in [-0.4, -0.2) is 76.5 Å². The number of nitrogens with zero attached hydrogens (tertiary/aromatic N) is 5. The van der Waals surface area contributed by atoms with Gasteiger partial charge in [0.05, 0.1) is 24.1 Å². The molecule has 1 aromatic carbocycles. The number of benzene rings is 1. The summed E-state index contributed by atoms with van der Waals surface area (Å²) in [4.78, 5) is 18.6. The first kappa shape index (κ1) is 35.5. The molecule has 3 aromatic rings. The SMILES string of the molecule is C#CCC1=C(F)CCc2cc(O)cc(-c3ncc4c(N5CCOCC(C)C5)nc(OC[C@@]5(C)CCCN5CC(C)C)nc4c3F)c21.CC. The Bertz CT molecular complexity index is 1700. The Hall–Kier alpha value is -3.81. The highest BCUT2D eigenvalue weighted by Crippen LogP contribution is 2.43. The van der Waals surface area contributed by atoms with E-state index in [1.54, 1.807) is 12.3 Å². The predicted molar refractivity (Wildman–Crippen MR) is 187 cm³/mol. The topological polar surface area (TPSA) is 83.8 Å². The predicted octanol–water partition coefficient (Wildman–Crippen LogP) is 7.57. The summed E-state index contributed by atoms with van der Waals surface area (Å²) in [7, 11) is 0. The molecule has 8 nitrogen and oxygen atoms in total. The Balaban J connectivity index is 0.00000221. The lowest BCUT2D eigenvalue weighted by atomic mass is 9.84. The molecule has 10 heteroatoms. The maximum Gasteiger partial charge on any atom is 0.319 e. The number of allylic oxidation sites excluding steroid dienone is 2. The lowest BCUT2D eigenvalue weighted by molar-refractivity contribution is 0.0769. The van der Waals surface area contributed by atoms with E-state index in [-0.39, 0.29) is 58.7 Å². The molecule has 258 valence electrons. The van der Waals surface area contributed by atoms with E-state index < -0.39 is 5.82 Å². The number of hydrogen-bond donors (Lipinski definition) is 1. The minimum absolute atomic E-state index is 0.0396. The molecule has 48 heavy (non-hydrogen) atoms. The van der Waals surface area contributed by atoms with Crippen molar-refractivity contribution >= 4 is 22.3 Å². The molecule has 2 fully saturated rings. The van der Waals surface area contributed by atoms with Gasteiger partial charge in [-0.15, -0.1) is 12.3 Å². The summed E-state index contributed by atoms with van der Waals surface area (Å²) >= 11 is 0. The number of terminal acetylenes is 1. The van der Waals surface area contributed by atoms with E-state index >= 15 is 8.78 Å². The maximum absolute atomic E-state index is 16.9. The van der Waals surface area contributed by atoms with Crippen molar-refractivity contribution in [2.24, 2.45) is 11.8 Å². The molecule has 3 aliphatic rings. The first-order valence-electron chi connectivity index (χ1n) is 17.3. The number of phenols is 1. The number of hydrogen-bond acceptors (Lipinski definition) is 8. The summed E-state index contributed by atoms with van der Waals surface area (Å²) in [6.45, 7) is 17.4. The fraction of sp³-hybridized carbons (Fsp3) is 0.553. The molecule has 2 atom stereocenters. The second kappa shape index (κ2) is 15.2. The molecule has 6 rings (SSSR count). The average Bonchev–Trinajstić information content (AvgIpc) is 3.27. The van der Waals surface area contributed by atoms with Gasteiger partial charge in [-0.3, -0.25) is 9.88 Å². The zero-order chi connectivity index (χ0) is 34.6. The van der Waals surface area contributed by atoms with E-state index in [2.05, 4.69) is 53.4 Å². The second-order valence-corrected chi connectivity index (χ2v) is 13.7. The number of fused-ring (bicyclic) bond motifs is 2. The molecular weight excluding hydrogens is 612 g/mol. The van der Waals surface area contributed by atoms with Gasteiger partial charge in [-0.25, -0.2) is 8.78 Å². The van der Waals surface area contributed by atoms with Gasteiger partial charge < -0.3 is 19.5 Å². The van der Waals surface area contributed by atoms with Crippen molar-refractivity contribution in [2.75, 3.05) is 50.9 Å². The Morgan fingerprint density at radius 3 is 2.73 bits per heavy atom. The van der Waals surface area contributed by atoms with Crippen LogP contribution in [-0.2, 0) is 11.2 Å². The van der Waals surface area contributed by atoms with E-state index in [4.69, 9.17) is 20.9 Å². The van der Waals surface area contributed by atoms with Crippen LogP contribution in [0.25, 0.3) is 27.7 Å². The number of likely N-dealkylation sites (tertiary alicyclic amines) is 1. The van der Waals surface area contributed by atoms with Crippen LogP contribution in [0, 0.1) is 30.0 Å². The van der Waals surface area contributed by atoms with Gasteiger partial charge in [-0.2, -0.15) is 9.97 Å². The van der Waals surface area contributed by atoms with Crippen molar-refractivity contribution in [2.45, 2.75) is 79.2 Å². The first-order valence-corrected chi connectivity index (χ1v) is 17.3. The summed E-state index contributed by atoms with van der Waals surface area (Å²) in [6.07, 6.45) is 9.80. The van der Waals surface area contributed by atoms with E-state index in [0.717, 1.165) is 25.9 Å². The molecule has 2 saturated heterocycles. The average molecular weight is 662 g/mol. The van der Waals surface area contributed by atoms with Gasteiger partial charge in [0.25, 0.3) is 0 Å². The zero-order valence-electron chi connectivity index (χ0n) is 29.2. The smallest absolute Gasteiger partial charge is 0.319 e. The van der Waals surface area contributed by atoms with E-state index in [0.29, 0.717) is 73.2 Å². The van der Waals surface area contributed by atoms with Gasteiger partial charge in [0, 0.05) is 49.8 Å². The molecule has 0 spiro atoms. The summed E-state index contributed by atoms with van der Waals surface area (Å²) < 4.78 is 44.2. The lowest BCUT2D eigenvalue weighted by Crippen LogP contribution is -2.47. The Kier molecular flexibility index (Phi) is 11.2. The summed E-state index contributed by atoms with van der Waals surface area (Å²) in [5, 5.41) is 11.1. The van der Waals surface area contributed by atoms with Crippen LogP contribution in [0.5, 0.6) is 11.8 Å². The number of phenolic OH excluding ortho intramolecular Hbond substituents is 1. The van der Waals surface area contributed by atoms with Gasteiger partial charge in [-0.05, 0) is 67.8 Å². The van der Waals surface area contributed by atoms with Gasteiger partial charge in [0.2, 0.25) is 0 Å². The molecule has 2 aliphatic heterocycles. The first-order chi connectivity index (χ1) is 23.1. The highest BCUT2D eigenvalue weighted by atomic mass is 19.1. The van der Waals surface area contributed by atoms with Crippen molar-refractivity contribution in [3.05, 3.63) is 41.1 Å². The molecule has 4 heterocycles. The minimum Gasteiger partial charge on any atom is -0.508 e. The van der Waals surface area contributed by atoms with E-state index in [1.807, 2.05) is 13.8 Å². The monoisotopic (exact) mass is 661 g/mol. The molecule has 0 radical (unpaired) electrons. The second-order valence-electron chi connectivity index (χ2n) is 13.7. The zero-order valence-corrected chi connectivity index (χ0v) is 29.2.